The van der Waals surface area contributed by atoms with Gasteiger partial charge in [-0.15, -0.1) is 0 Å². The largest absolute Gasteiger partial charge is 0.399 e. The van der Waals surface area contributed by atoms with Crippen molar-refractivity contribution in [2.45, 2.75) is 31.7 Å². The molecule has 0 heterocycles. The predicted molar refractivity (Wildman–Crippen MR) is 92.5 cm³/mol. The van der Waals surface area contributed by atoms with Crippen LogP contribution in [0, 0.1) is 0 Å². The molecule has 4 heteroatoms. The lowest BCUT2D eigenvalue weighted by Crippen LogP contribution is -2.27. The molecule has 0 fully saturated rings. The Hall–Kier alpha value is -1.81. The number of fused-ring (bicyclic) bond motifs is 1. The zero-order valence-corrected chi connectivity index (χ0v) is 13.9. The zero-order chi connectivity index (χ0) is 15.5. The van der Waals surface area contributed by atoms with E-state index in [0.29, 0.717) is 12.8 Å². The van der Waals surface area contributed by atoms with Gasteiger partial charge in [0.2, 0.25) is 5.91 Å². The van der Waals surface area contributed by atoms with Crippen LogP contribution in [0.5, 0.6) is 0 Å². The number of hydrogen-bond donors (Lipinski definition) is 2. The number of anilines is 1. The summed E-state index contributed by atoms with van der Waals surface area (Å²) in [5, 5.41) is 3.15. The van der Waals surface area contributed by atoms with Gasteiger partial charge in [0.25, 0.3) is 0 Å². The van der Waals surface area contributed by atoms with E-state index in [2.05, 4.69) is 33.4 Å². The van der Waals surface area contributed by atoms with Crippen molar-refractivity contribution in [1.82, 2.24) is 5.32 Å². The number of aryl methyl sites for hydroxylation is 1. The molecule has 1 atom stereocenters. The minimum atomic E-state index is 0.0843. The second kappa shape index (κ2) is 6.53. The third-order valence-corrected chi connectivity index (χ3v) is 4.97. The number of carbonyl (C=O) groups excluding carboxylic acids is 1. The molecule has 2 aromatic carbocycles. The highest BCUT2D eigenvalue weighted by atomic mass is 79.9. The summed E-state index contributed by atoms with van der Waals surface area (Å²) in [6.45, 7) is 0. The van der Waals surface area contributed by atoms with Crippen molar-refractivity contribution in [1.29, 1.82) is 0 Å². The van der Waals surface area contributed by atoms with E-state index in [0.717, 1.165) is 28.6 Å². The Morgan fingerprint density at radius 2 is 2.05 bits per heavy atom. The van der Waals surface area contributed by atoms with Crippen molar-refractivity contribution in [3.8, 4) is 0 Å². The smallest absolute Gasteiger partial charge is 0.220 e. The molecular weight excluding hydrogens is 340 g/mol. The third kappa shape index (κ3) is 3.17. The first kappa shape index (κ1) is 15.1. The van der Waals surface area contributed by atoms with Crippen LogP contribution in [0.3, 0.4) is 0 Å². The van der Waals surface area contributed by atoms with E-state index in [1.54, 1.807) is 0 Å². The van der Waals surface area contributed by atoms with Crippen LogP contribution in [0.4, 0.5) is 5.69 Å². The van der Waals surface area contributed by atoms with E-state index in [1.807, 2.05) is 30.3 Å². The Labute approximate surface area is 139 Å². The lowest BCUT2D eigenvalue weighted by Gasteiger charge is -2.14. The second-order valence-corrected chi connectivity index (χ2v) is 6.52. The van der Waals surface area contributed by atoms with E-state index in [9.17, 15) is 4.79 Å². The fraction of sp³-hybridized carbons (Fsp3) is 0.278. The normalized spacial score (nSPS) is 16.3. The van der Waals surface area contributed by atoms with Crippen LogP contribution >= 0.6 is 15.9 Å². The quantitative estimate of drug-likeness (QED) is 0.817. The molecule has 0 saturated heterocycles. The van der Waals surface area contributed by atoms with E-state index in [-0.39, 0.29) is 11.9 Å². The van der Waals surface area contributed by atoms with Crippen LogP contribution in [0.25, 0.3) is 0 Å². The van der Waals surface area contributed by atoms with Gasteiger partial charge < -0.3 is 11.1 Å². The molecule has 2 aromatic rings. The number of rotatable bonds is 4. The van der Waals surface area contributed by atoms with Gasteiger partial charge in [-0.05, 0) is 48.1 Å². The van der Waals surface area contributed by atoms with Crippen LogP contribution in [0.2, 0.25) is 0 Å². The molecule has 0 aliphatic heterocycles. The van der Waals surface area contributed by atoms with Gasteiger partial charge in [0.1, 0.15) is 0 Å². The molecule has 3 nitrogen and oxygen atoms in total. The summed E-state index contributed by atoms with van der Waals surface area (Å²) in [5.74, 6) is 0.0843. The maximum absolute atomic E-state index is 12.2. The average molecular weight is 359 g/mol. The van der Waals surface area contributed by atoms with Crippen LogP contribution in [0.15, 0.2) is 46.9 Å². The maximum atomic E-state index is 12.2. The Balaban J connectivity index is 1.60. The summed E-state index contributed by atoms with van der Waals surface area (Å²) >= 11 is 3.58. The maximum Gasteiger partial charge on any atom is 0.220 e. The van der Waals surface area contributed by atoms with Crippen molar-refractivity contribution in [3.05, 3.63) is 63.6 Å². The number of hydrogen-bond acceptors (Lipinski definition) is 2. The number of halogens is 1. The second-order valence-electron chi connectivity index (χ2n) is 5.67. The SMILES string of the molecule is Nc1ccccc1CCC(=O)NC1CCc2c(Br)cccc21. The van der Waals surface area contributed by atoms with Crippen LogP contribution in [0.1, 0.15) is 35.6 Å². The van der Waals surface area contributed by atoms with Crippen molar-refractivity contribution in [2.75, 3.05) is 5.73 Å². The summed E-state index contributed by atoms with van der Waals surface area (Å²) in [4.78, 5) is 12.2. The van der Waals surface area contributed by atoms with Gasteiger partial charge in [-0.3, -0.25) is 4.79 Å². The third-order valence-electron chi connectivity index (χ3n) is 4.23. The molecule has 0 aromatic heterocycles. The Kier molecular flexibility index (Phi) is 4.48. The monoisotopic (exact) mass is 358 g/mol. The van der Waals surface area contributed by atoms with Gasteiger partial charge >= 0.3 is 0 Å². The van der Waals surface area contributed by atoms with E-state index >= 15 is 0 Å². The van der Waals surface area contributed by atoms with Gasteiger partial charge in [0.15, 0.2) is 0 Å². The van der Waals surface area contributed by atoms with Gasteiger partial charge in [-0.1, -0.05) is 46.3 Å². The van der Waals surface area contributed by atoms with Gasteiger partial charge in [0.05, 0.1) is 6.04 Å². The fourth-order valence-corrected chi connectivity index (χ4v) is 3.62. The van der Waals surface area contributed by atoms with Gasteiger partial charge in [-0.2, -0.15) is 0 Å². The molecule has 0 spiro atoms. The molecule has 1 amide bonds. The van der Waals surface area contributed by atoms with E-state index in [4.69, 9.17) is 5.73 Å². The molecule has 3 rings (SSSR count). The number of carbonyl (C=O) groups is 1. The summed E-state index contributed by atoms with van der Waals surface area (Å²) in [6.07, 6.45) is 3.12. The first-order chi connectivity index (χ1) is 10.6. The lowest BCUT2D eigenvalue weighted by molar-refractivity contribution is -0.121. The molecule has 0 bridgehead atoms. The molecule has 3 N–H and O–H groups in total. The molecule has 114 valence electrons. The van der Waals surface area contributed by atoms with Gasteiger partial charge in [0, 0.05) is 16.6 Å². The number of nitrogen functional groups attached to an aromatic ring is 1. The number of benzene rings is 2. The molecule has 1 aliphatic carbocycles. The molecule has 22 heavy (non-hydrogen) atoms. The van der Waals surface area contributed by atoms with E-state index < -0.39 is 0 Å². The molecular formula is C18H19BrN2O. The first-order valence-electron chi connectivity index (χ1n) is 7.55. The summed E-state index contributed by atoms with van der Waals surface area (Å²) in [5.41, 5.74) is 10.3. The highest BCUT2D eigenvalue weighted by Crippen LogP contribution is 2.35. The lowest BCUT2D eigenvalue weighted by atomic mass is 10.1. The minimum Gasteiger partial charge on any atom is -0.399 e. The van der Waals surface area contributed by atoms with Gasteiger partial charge in [-0.25, -0.2) is 0 Å². The number of amides is 1. The summed E-state index contributed by atoms with van der Waals surface area (Å²) < 4.78 is 1.14. The predicted octanol–water partition coefficient (Wildman–Crippen LogP) is 3.77. The van der Waals surface area contributed by atoms with Crippen molar-refractivity contribution < 1.29 is 4.79 Å². The zero-order valence-electron chi connectivity index (χ0n) is 12.3. The Bertz CT molecular complexity index is 699. The average Bonchev–Trinajstić information content (AvgIpc) is 2.91. The highest BCUT2D eigenvalue weighted by molar-refractivity contribution is 9.10. The van der Waals surface area contributed by atoms with Crippen molar-refractivity contribution in [2.24, 2.45) is 0 Å². The standard InChI is InChI=1S/C18H19BrN2O/c19-15-6-3-5-14-13(15)9-10-17(14)21-18(22)11-8-12-4-1-2-7-16(12)20/h1-7,17H,8-11,20H2,(H,21,22). The van der Waals surface area contributed by atoms with Crippen LogP contribution in [-0.4, -0.2) is 5.91 Å². The number of nitrogens with two attached hydrogens (primary N) is 1. The summed E-state index contributed by atoms with van der Waals surface area (Å²) in [6, 6.07) is 14.0. The van der Waals surface area contributed by atoms with Crippen molar-refractivity contribution in [3.63, 3.8) is 0 Å². The topological polar surface area (TPSA) is 55.1 Å². The number of para-hydroxylation sites is 1. The molecule has 0 saturated carbocycles. The highest BCUT2D eigenvalue weighted by Gasteiger charge is 2.25. The van der Waals surface area contributed by atoms with Crippen LogP contribution < -0.4 is 11.1 Å². The van der Waals surface area contributed by atoms with E-state index in [1.165, 1.54) is 11.1 Å². The van der Waals surface area contributed by atoms with Crippen molar-refractivity contribution >= 4 is 27.5 Å². The Morgan fingerprint density at radius 1 is 1.23 bits per heavy atom. The first-order valence-corrected chi connectivity index (χ1v) is 8.34. The molecule has 0 radical (unpaired) electrons. The minimum absolute atomic E-state index is 0.0843. The number of nitrogens with one attached hydrogen (secondary N) is 1. The molecule has 1 aliphatic rings. The fourth-order valence-electron chi connectivity index (χ4n) is 3.04. The summed E-state index contributed by atoms with van der Waals surface area (Å²) in [7, 11) is 0. The van der Waals surface area contributed by atoms with Crippen LogP contribution in [-0.2, 0) is 17.6 Å². The molecule has 1 unspecified atom stereocenters. The Morgan fingerprint density at radius 3 is 2.86 bits per heavy atom.